The molecule has 0 spiro atoms. The van der Waals surface area contributed by atoms with Crippen LogP contribution in [0.4, 0.5) is 18.9 Å². The van der Waals surface area contributed by atoms with Crippen molar-refractivity contribution in [2.45, 2.75) is 52.1 Å². The molecule has 0 bridgehead atoms. The van der Waals surface area contributed by atoms with Crippen molar-refractivity contribution in [3.05, 3.63) is 64.5 Å². The monoisotopic (exact) mass is 473 g/mol. The number of carbonyl (C=O) groups is 2. The summed E-state index contributed by atoms with van der Waals surface area (Å²) in [5.41, 5.74) is 1.12. The average Bonchev–Trinajstić information content (AvgIpc) is 3.33. The fourth-order valence-corrected chi connectivity index (χ4v) is 5.04. The van der Waals surface area contributed by atoms with Gasteiger partial charge in [0.2, 0.25) is 5.91 Å². The fourth-order valence-electron chi connectivity index (χ4n) is 5.04. The number of hydrogen-bond acceptors (Lipinski definition) is 3. The molecule has 34 heavy (non-hydrogen) atoms. The van der Waals surface area contributed by atoms with Crippen LogP contribution in [0, 0.1) is 30.3 Å². The zero-order chi connectivity index (χ0) is 24.4. The molecule has 182 valence electrons. The Kier molecular flexibility index (Phi) is 7.26. The van der Waals surface area contributed by atoms with Crippen molar-refractivity contribution in [3.8, 4) is 0 Å². The Hall–Kier alpha value is -2.87. The summed E-state index contributed by atoms with van der Waals surface area (Å²) in [6.45, 7) is 6.23. The number of nitrogens with one attached hydrogen (secondary N) is 1. The summed E-state index contributed by atoms with van der Waals surface area (Å²) in [5.74, 6) is -2.56. The van der Waals surface area contributed by atoms with Gasteiger partial charge in [-0.05, 0) is 68.1 Å². The first-order valence-electron chi connectivity index (χ1n) is 11.8. The lowest BCUT2D eigenvalue weighted by Gasteiger charge is -2.41. The third-order valence-electron chi connectivity index (χ3n) is 6.99. The van der Waals surface area contributed by atoms with Gasteiger partial charge in [0, 0.05) is 43.8 Å². The van der Waals surface area contributed by atoms with Crippen molar-refractivity contribution in [2.75, 3.05) is 25.0 Å². The van der Waals surface area contributed by atoms with Gasteiger partial charge in [0.05, 0.1) is 5.56 Å². The van der Waals surface area contributed by atoms with Crippen LogP contribution in [0.2, 0.25) is 0 Å². The Bertz CT molecular complexity index is 1090. The maximum atomic E-state index is 14.4. The van der Waals surface area contributed by atoms with Crippen LogP contribution in [0.3, 0.4) is 0 Å². The van der Waals surface area contributed by atoms with Crippen LogP contribution in [-0.2, 0) is 11.3 Å². The number of halogens is 3. The van der Waals surface area contributed by atoms with E-state index in [2.05, 4.69) is 10.2 Å². The molecule has 1 saturated carbocycles. The fraction of sp³-hybridized carbons (Fsp3) is 0.462. The van der Waals surface area contributed by atoms with Crippen LogP contribution in [0.1, 0.15) is 54.1 Å². The lowest BCUT2D eigenvalue weighted by Crippen LogP contribution is -2.54. The number of hydrogen-bond donors (Lipinski definition) is 1. The summed E-state index contributed by atoms with van der Waals surface area (Å²) >= 11 is 0. The lowest BCUT2D eigenvalue weighted by atomic mass is 10.0. The van der Waals surface area contributed by atoms with Crippen molar-refractivity contribution >= 4 is 17.5 Å². The molecule has 1 heterocycles. The van der Waals surface area contributed by atoms with E-state index in [-0.39, 0.29) is 23.6 Å². The summed E-state index contributed by atoms with van der Waals surface area (Å²) in [4.78, 5) is 29.5. The van der Waals surface area contributed by atoms with Gasteiger partial charge in [0.1, 0.15) is 17.5 Å². The van der Waals surface area contributed by atoms with E-state index in [4.69, 9.17) is 0 Å². The predicted molar refractivity (Wildman–Crippen MR) is 124 cm³/mol. The minimum atomic E-state index is -0.854. The van der Waals surface area contributed by atoms with Crippen molar-refractivity contribution in [1.29, 1.82) is 0 Å². The first-order chi connectivity index (χ1) is 16.2. The van der Waals surface area contributed by atoms with Crippen LogP contribution in [0.5, 0.6) is 0 Å². The van der Waals surface area contributed by atoms with Crippen LogP contribution in [-0.4, -0.2) is 47.3 Å². The molecule has 8 heteroatoms. The highest BCUT2D eigenvalue weighted by Crippen LogP contribution is 2.29. The molecular weight excluding hydrogens is 443 g/mol. The first kappa shape index (κ1) is 24.3. The number of rotatable bonds is 5. The highest BCUT2D eigenvalue weighted by atomic mass is 19.1. The molecule has 1 atom stereocenters. The molecule has 4 rings (SSSR count). The zero-order valence-electron chi connectivity index (χ0n) is 19.5. The topological polar surface area (TPSA) is 52.6 Å². The number of benzene rings is 2. The van der Waals surface area contributed by atoms with Crippen LogP contribution in [0.25, 0.3) is 0 Å². The zero-order valence-corrected chi connectivity index (χ0v) is 19.5. The van der Waals surface area contributed by atoms with E-state index in [9.17, 15) is 22.8 Å². The van der Waals surface area contributed by atoms with E-state index in [1.54, 1.807) is 6.92 Å². The second-order valence-electron chi connectivity index (χ2n) is 9.41. The highest BCUT2D eigenvalue weighted by Gasteiger charge is 2.33. The minimum absolute atomic E-state index is 0.0610. The number of carbonyl (C=O) groups excluding carboxylic acids is 2. The summed E-state index contributed by atoms with van der Waals surface area (Å²) in [6, 6.07) is 5.29. The van der Waals surface area contributed by atoms with Crippen LogP contribution >= 0.6 is 0 Å². The van der Waals surface area contributed by atoms with E-state index in [0.717, 1.165) is 43.9 Å². The molecule has 1 unspecified atom stereocenters. The van der Waals surface area contributed by atoms with Crippen LogP contribution in [0.15, 0.2) is 30.3 Å². The lowest BCUT2D eigenvalue weighted by molar-refractivity contribution is -0.140. The van der Waals surface area contributed by atoms with Gasteiger partial charge in [-0.25, -0.2) is 13.2 Å². The van der Waals surface area contributed by atoms with Gasteiger partial charge in [0.15, 0.2) is 0 Å². The summed E-state index contributed by atoms with van der Waals surface area (Å²) in [6.07, 6.45) is 4.19. The Labute approximate surface area is 197 Å². The third-order valence-corrected chi connectivity index (χ3v) is 6.99. The van der Waals surface area contributed by atoms with E-state index < -0.39 is 28.9 Å². The molecule has 2 aromatic rings. The summed E-state index contributed by atoms with van der Waals surface area (Å²) in [7, 11) is 0. The smallest absolute Gasteiger partial charge is 0.258 e. The molecule has 2 amide bonds. The maximum Gasteiger partial charge on any atom is 0.258 e. The second-order valence-corrected chi connectivity index (χ2v) is 9.41. The number of anilines is 1. The van der Waals surface area contributed by atoms with Gasteiger partial charge in [-0.3, -0.25) is 14.5 Å². The molecule has 0 radical (unpaired) electrons. The summed E-state index contributed by atoms with van der Waals surface area (Å²) < 4.78 is 41.9. The molecule has 1 aliphatic carbocycles. The first-order valence-corrected chi connectivity index (χ1v) is 11.8. The number of amides is 2. The molecule has 1 saturated heterocycles. The molecule has 2 fully saturated rings. The predicted octanol–water partition coefficient (Wildman–Crippen LogP) is 4.89. The highest BCUT2D eigenvalue weighted by molar-refractivity contribution is 6.04. The van der Waals surface area contributed by atoms with Crippen molar-refractivity contribution in [3.63, 3.8) is 0 Å². The van der Waals surface area contributed by atoms with Crippen molar-refractivity contribution in [2.24, 2.45) is 5.92 Å². The molecule has 0 aromatic heterocycles. The molecule has 2 aromatic carbocycles. The summed E-state index contributed by atoms with van der Waals surface area (Å²) in [5, 5.41) is 2.52. The van der Waals surface area contributed by atoms with Crippen molar-refractivity contribution in [1.82, 2.24) is 9.80 Å². The molecule has 1 N–H and O–H groups in total. The Morgan fingerprint density at radius 2 is 1.76 bits per heavy atom. The Morgan fingerprint density at radius 3 is 2.47 bits per heavy atom. The van der Waals surface area contributed by atoms with E-state index in [1.807, 2.05) is 11.8 Å². The number of nitrogens with zero attached hydrogens (tertiary/aromatic N) is 2. The van der Waals surface area contributed by atoms with Gasteiger partial charge < -0.3 is 10.2 Å². The average molecular weight is 474 g/mol. The quantitative estimate of drug-likeness (QED) is 0.673. The van der Waals surface area contributed by atoms with Gasteiger partial charge in [-0.15, -0.1) is 0 Å². The van der Waals surface area contributed by atoms with E-state index >= 15 is 0 Å². The third kappa shape index (κ3) is 5.27. The molecule has 2 aliphatic rings. The minimum Gasteiger partial charge on any atom is -0.337 e. The van der Waals surface area contributed by atoms with E-state index in [0.29, 0.717) is 37.3 Å². The standard InChI is InChI=1S/C26H30F3N3O2/c1-16-14-31(9-10-32(16)26(34)18-5-3-4-6-18)15-19-11-21(28)13-24(17(19)2)30-25(33)22-12-20(27)7-8-23(22)29/h7-8,11-13,16,18H,3-6,9-10,14-15H2,1-2H3,(H,30,33). The van der Waals surface area contributed by atoms with Gasteiger partial charge in [0.25, 0.3) is 5.91 Å². The molecule has 1 aliphatic heterocycles. The normalized spacial score (nSPS) is 19.4. The molecule has 5 nitrogen and oxygen atoms in total. The SMILES string of the molecule is Cc1c(CN2CCN(C(=O)C3CCCC3)C(C)C2)cc(F)cc1NC(=O)c1cc(F)ccc1F. The maximum absolute atomic E-state index is 14.4. The van der Waals surface area contributed by atoms with Gasteiger partial charge >= 0.3 is 0 Å². The van der Waals surface area contributed by atoms with Gasteiger partial charge in [-0.1, -0.05) is 12.8 Å². The van der Waals surface area contributed by atoms with Crippen molar-refractivity contribution < 1.29 is 22.8 Å². The molecular formula is C26H30F3N3O2. The Morgan fingerprint density at radius 1 is 1.03 bits per heavy atom. The van der Waals surface area contributed by atoms with E-state index in [1.165, 1.54) is 12.1 Å². The second kappa shape index (κ2) is 10.2. The van der Waals surface area contributed by atoms with Gasteiger partial charge in [-0.2, -0.15) is 0 Å². The largest absolute Gasteiger partial charge is 0.337 e. The van der Waals surface area contributed by atoms with Crippen LogP contribution < -0.4 is 5.32 Å². The number of piperazine rings is 1. The Balaban J connectivity index is 1.44.